The first kappa shape index (κ1) is 24.6. The maximum atomic E-state index is 12.8. The predicted molar refractivity (Wildman–Crippen MR) is 112 cm³/mol. The highest BCUT2D eigenvalue weighted by atomic mass is 16.6. The second-order valence-electron chi connectivity index (χ2n) is 8.02. The van der Waals surface area contributed by atoms with Crippen LogP contribution in [0.2, 0.25) is 0 Å². The minimum atomic E-state index is -1.28. The van der Waals surface area contributed by atoms with Gasteiger partial charge in [0.15, 0.2) is 6.61 Å². The molecule has 2 rings (SSSR count). The van der Waals surface area contributed by atoms with E-state index in [1.165, 1.54) is 33.3 Å². The molecule has 0 aromatic heterocycles. The number of rotatable bonds is 8. The number of ether oxygens (including phenoxy) is 4. The number of esters is 1. The average Bonchev–Trinajstić information content (AvgIpc) is 2.71. The van der Waals surface area contributed by atoms with E-state index in [2.05, 4.69) is 0 Å². The number of carbonyl (C=O) groups excluding carboxylic acids is 3. The Labute approximate surface area is 185 Å². The van der Waals surface area contributed by atoms with Gasteiger partial charge in [-0.15, -0.1) is 0 Å². The third-order valence-electron chi connectivity index (χ3n) is 4.52. The summed E-state index contributed by atoms with van der Waals surface area (Å²) in [5.74, 6) is -3.30. The van der Waals surface area contributed by atoms with E-state index in [1.54, 1.807) is 26.8 Å². The first-order chi connectivity index (χ1) is 14.9. The molecule has 1 aromatic rings. The lowest BCUT2D eigenvalue weighted by molar-refractivity contribution is -0.157. The van der Waals surface area contributed by atoms with Crippen LogP contribution in [-0.2, 0) is 35.0 Å². The maximum absolute atomic E-state index is 12.8. The van der Waals surface area contributed by atoms with Gasteiger partial charge in [-0.1, -0.05) is 6.07 Å². The van der Waals surface area contributed by atoms with Crippen LogP contribution in [0.1, 0.15) is 43.6 Å². The predicted octanol–water partition coefficient (Wildman–Crippen LogP) is 2.62. The van der Waals surface area contributed by atoms with Gasteiger partial charge in [0.2, 0.25) is 23.1 Å². The molecule has 0 saturated heterocycles. The van der Waals surface area contributed by atoms with Crippen molar-refractivity contribution in [2.75, 3.05) is 20.8 Å². The topological polar surface area (TPSA) is 125 Å². The highest BCUT2D eigenvalue weighted by Gasteiger charge is 2.34. The summed E-state index contributed by atoms with van der Waals surface area (Å²) in [5.41, 5.74) is -0.0766. The monoisotopic (exact) mass is 446 g/mol. The third kappa shape index (κ3) is 5.54. The average molecular weight is 446 g/mol. The van der Waals surface area contributed by atoms with Gasteiger partial charge < -0.3 is 24.1 Å². The van der Waals surface area contributed by atoms with Gasteiger partial charge in [-0.2, -0.15) is 0 Å². The van der Waals surface area contributed by atoms with Gasteiger partial charge >= 0.3 is 11.9 Å². The zero-order chi connectivity index (χ0) is 24.2. The maximum Gasteiger partial charge on any atom is 0.344 e. The van der Waals surface area contributed by atoms with E-state index in [-0.39, 0.29) is 40.4 Å². The van der Waals surface area contributed by atoms with Crippen LogP contribution in [0.4, 0.5) is 0 Å². The molecule has 0 atom stereocenters. The fourth-order valence-electron chi connectivity index (χ4n) is 3.10. The van der Waals surface area contributed by atoms with E-state index in [0.29, 0.717) is 5.56 Å². The summed E-state index contributed by atoms with van der Waals surface area (Å²) in [7, 11) is 2.53. The Morgan fingerprint density at radius 1 is 1.00 bits per heavy atom. The van der Waals surface area contributed by atoms with Gasteiger partial charge in [-0.3, -0.25) is 9.59 Å². The Hall–Kier alpha value is -3.62. The SMILES string of the molecule is COC1=C(OC)C(=O)C(Cc2ccc(OCC(=O)OC(C)(C)C)c(C(=O)O)c2)=C(C)C1=O. The molecule has 1 aliphatic carbocycles. The van der Waals surface area contributed by atoms with Crippen LogP contribution < -0.4 is 4.74 Å². The Morgan fingerprint density at radius 2 is 1.59 bits per heavy atom. The van der Waals surface area contributed by atoms with E-state index in [1.807, 2.05) is 0 Å². The molecule has 9 heteroatoms. The fraction of sp³-hybridized carbons (Fsp3) is 0.391. The van der Waals surface area contributed by atoms with Gasteiger partial charge in [0, 0.05) is 17.6 Å². The quantitative estimate of drug-likeness (QED) is 0.474. The molecule has 0 spiro atoms. The lowest BCUT2D eigenvalue weighted by Gasteiger charge is -2.21. The van der Waals surface area contributed by atoms with Crippen LogP contribution in [0.3, 0.4) is 0 Å². The van der Waals surface area contributed by atoms with E-state index < -0.39 is 35.7 Å². The molecule has 0 amide bonds. The van der Waals surface area contributed by atoms with Crippen molar-refractivity contribution in [2.24, 2.45) is 0 Å². The van der Waals surface area contributed by atoms with Crippen molar-refractivity contribution in [3.8, 4) is 5.75 Å². The van der Waals surface area contributed by atoms with E-state index >= 15 is 0 Å². The van der Waals surface area contributed by atoms with Gasteiger partial charge in [-0.05, 0) is 45.4 Å². The molecule has 0 fully saturated rings. The molecule has 1 N–H and O–H groups in total. The molecule has 1 aromatic carbocycles. The molecule has 0 heterocycles. The summed E-state index contributed by atoms with van der Waals surface area (Å²) >= 11 is 0. The van der Waals surface area contributed by atoms with Crippen molar-refractivity contribution >= 4 is 23.5 Å². The van der Waals surface area contributed by atoms with Crippen molar-refractivity contribution in [2.45, 2.75) is 39.7 Å². The number of aromatic carboxylic acids is 1. The normalized spacial score (nSPS) is 14.4. The van der Waals surface area contributed by atoms with Crippen LogP contribution in [0, 0.1) is 0 Å². The highest BCUT2D eigenvalue weighted by molar-refractivity contribution is 6.23. The Morgan fingerprint density at radius 3 is 2.12 bits per heavy atom. The van der Waals surface area contributed by atoms with Crippen molar-refractivity contribution in [3.05, 3.63) is 52.0 Å². The second-order valence-corrected chi connectivity index (χ2v) is 8.02. The Bertz CT molecular complexity index is 1020. The van der Waals surface area contributed by atoms with Crippen molar-refractivity contribution in [3.63, 3.8) is 0 Å². The van der Waals surface area contributed by atoms with Crippen LogP contribution in [-0.4, -0.2) is 55.0 Å². The van der Waals surface area contributed by atoms with Crippen LogP contribution in [0.15, 0.2) is 40.9 Å². The lowest BCUT2D eigenvalue weighted by atomic mass is 9.88. The highest BCUT2D eigenvalue weighted by Crippen LogP contribution is 2.29. The molecule has 1 aliphatic rings. The third-order valence-corrected chi connectivity index (χ3v) is 4.52. The smallest absolute Gasteiger partial charge is 0.344 e. The van der Waals surface area contributed by atoms with Crippen LogP contribution in [0.25, 0.3) is 0 Å². The summed E-state index contributed by atoms with van der Waals surface area (Å²) in [4.78, 5) is 48.9. The number of carboxylic acid groups (broad SMARTS) is 1. The largest absolute Gasteiger partial charge is 0.489 e. The van der Waals surface area contributed by atoms with Gasteiger partial charge in [-0.25, -0.2) is 9.59 Å². The lowest BCUT2D eigenvalue weighted by Crippen LogP contribution is -2.27. The molecular weight excluding hydrogens is 420 g/mol. The van der Waals surface area contributed by atoms with E-state index in [0.717, 1.165) is 0 Å². The number of methoxy groups -OCH3 is 2. The van der Waals surface area contributed by atoms with Gasteiger partial charge in [0.05, 0.1) is 14.2 Å². The summed E-state index contributed by atoms with van der Waals surface area (Å²) in [6.45, 7) is 6.15. The Kier molecular flexibility index (Phi) is 7.45. The van der Waals surface area contributed by atoms with E-state index in [9.17, 15) is 24.3 Å². The Balaban J connectivity index is 2.29. The minimum Gasteiger partial charge on any atom is -0.489 e. The number of Topliss-reactive ketones (excluding diaryl/α,β-unsaturated/α-hetero) is 2. The summed E-state index contributed by atoms with van der Waals surface area (Å²) < 4.78 is 20.5. The summed E-state index contributed by atoms with van der Waals surface area (Å²) in [6.07, 6.45) is -0.00706. The minimum absolute atomic E-state index is 0.00706. The number of carboxylic acids is 1. The fourth-order valence-corrected chi connectivity index (χ4v) is 3.10. The molecule has 9 nitrogen and oxygen atoms in total. The van der Waals surface area contributed by atoms with Gasteiger partial charge in [0.25, 0.3) is 0 Å². The van der Waals surface area contributed by atoms with Crippen molar-refractivity contribution < 1.29 is 43.2 Å². The molecule has 0 aliphatic heterocycles. The summed E-state index contributed by atoms with van der Waals surface area (Å²) in [5, 5.41) is 9.57. The number of carbonyl (C=O) groups is 4. The first-order valence-electron chi connectivity index (χ1n) is 9.71. The molecule has 32 heavy (non-hydrogen) atoms. The molecule has 0 radical (unpaired) electrons. The zero-order valence-electron chi connectivity index (χ0n) is 18.9. The van der Waals surface area contributed by atoms with Crippen LogP contribution >= 0.6 is 0 Å². The molecular formula is C23H26O9. The van der Waals surface area contributed by atoms with Gasteiger partial charge in [0.1, 0.15) is 16.9 Å². The first-order valence-corrected chi connectivity index (χ1v) is 9.71. The number of allylic oxidation sites excluding steroid dienone is 2. The van der Waals surface area contributed by atoms with Crippen LogP contribution in [0.5, 0.6) is 5.75 Å². The molecule has 0 unspecified atom stereocenters. The molecule has 0 bridgehead atoms. The number of hydrogen-bond acceptors (Lipinski definition) is 8. The van der Waals surface area contributed by atoms with E-state index in [4.69, 9.17) is 18.9 Å². The molecule has 172 valence electrons. The standard InChI is InChI=1S/C23H26O9/c1-12-14(19(26)21(30-6)20(29-5)18(12)25)9-13-7-8-16(15(10-13)22(27)28)31-11-17(24)32-23(2,3)4/h7-8,10H,9,11H2,1-6H3,(H,27,28). The second kappa shape index (κ2) is 9.67. The van der Waals surface area contributed by atoms with Crippen molar-refractivity contribution in [1.82, 2.24) is 0 Å². The zero-order valence-corrected chi connectivity index (χ0v) is 18.9. The number of hydrogen-bond donors (Lipinski definition) is 1. The number of benzene rings is 1. The van der Waals surface area contributed by atoms with Crippen molar-refractivity contribution in [1.29, 1.82) is 0 Å². The molecule has 0 saturated carbocycles. The summed E-state index contributed by atoms with van der Waals surface area (Å²) in [6, 6.07) is 4.27. The number of ketones is 2.